The van der Waals surface area contributed by atoms with Gasteiger partial charge in [0.15, 0.2) is 5.69 Å². The minimum Gasteiger partial charge on any atom is -0.497 e. The number of nitrogens with zero attached hydrogens (tertiary/aromatic N) is 5. The summed E-state index contributed by atoms with van der Waals surface area (Å²) < 4.78 is 13.0. The zero-order chi connectivity index (χ0) is 19.5. The maximum absolute atomic E-state index is 12.9. The number of methoxy groups -OCH3 is 1. The third kappa shape index (κ3) is 3.74. The largest absolute Gasteiger partial charge is 0.497 e. The molecule has 0 unspecified atom stereocenters. The SMILES string of the molecule is CCCN1CCN(C(=O)c2nnn3c2CO[C@H](c2ccc(OC)cc2)C3)CC1. The van der Waals surface area contributed by atoms with Crippen LogP contribution in [0.4, 0.5) is 0 Å². The van der Waals surface area contributed by atoms with E-state index in [4.69, 9.17) is 9.47 Å². The van der Waals surface area contributed by atoms with Gasteiger partial charge in [0.1, 0.15) is 11.9 Å². The van der Waals surface area contributed by atoms with Crippen molar-refractivity contribution in [2.45, 2.75) is 32.6 Å². The summed E-state index contributed by atoms with van der Waals surface area (Å²) >= 11 is 0. The number of ether oxygens (including phenoxy) is 2. The van der Waals surface area contributed by atoms with Gasteiger partial charge >= 0.3 is 0 Å². The molecular formula is C20H27N5O3. The Bertz CT molecular complexity index is 812. The number of aromatic nitrogens is 3. The van der Waals surface area contributed by atoms with Crippen molar-refractivity contribution in [3.05, 3.63) is 41.2 Å². The Morgan fingerprint density at radius 1 is 1.21 bits per heavy atom. The summed E-state index contributed by atoms with van der Waals surface area (Å²) in [6.07, 6.45) is 1.03. The van der Waals surface area contributed by atoms with Gasteiger partial charge in [-0.3, -0.25) is 9.69 Å². The van der Waals surface area contributed by atoms with Gasteiger partial charge in [-0.1, -0.05) is 24.3 Å². The van der Waals surface area contributed by atoms with E-state index < -0.39 is 0 Å². The topological polar surface area (TPSA) is 72.7 Å². The van der Waals surface area contributed by atoms with Crippen LogP contribution in [0.25, 0.3) is 0 Å². The molecule has 1 fully saturated rings. The molecule has 1 atom stereocenters. The molecule has 0 aliphatic carbocycles. The van der Waals surface area contributed by atoms with Gasteiger partial charge in [-0.2, -0.15) is 0 Å². The fourth-order valence-corrected chi connectivity index (χ4v) is 3.84. The van der Waals surface area contributed by atoms with Crippen molar-refractivity contribution in [2.24, 2.45) is 0 Å². The average molecular weight is 385 g/mol. The first kappa shape index (κ1) is 18.9. The van der Waals surface area contributed by atoms with E-state index >= 15 is 0 Å². The van der Waals surface area contributed by atoms with E-state index in [1.807, 2.05) is 29.2 Å². The van der Waals surface area contributed by atoms with E-state index in [-0.39, 0.29) is 12.0 Å². The van der Waals surface area contributed by atoms with E-state index in [1.54, 1.807) is 11.8 Å². The molecule has 2 aromatic rings. The Labute approximate surface area is 165 Å². The van der Waals surface area contributed by atoms with Gasteiger partial charge in [0, 0.05) is 26.2 Å². The molecule has 0 saturated carbocycles. The molecule has 0 N–H and O–H groups in total. The number of fused-ring (bicyclic) bond motifs is 1. The summed E-state index contributed by atoms with van der Waals surface area (Å²) in [5.41, 5.74) is 2.25. The van der Waals surface area contributed by atoms with Crippen LogP contribution in [0.2, 0.25) is 0 Å². The first-order valence-corrected chi connectivity index (χ1v) is 9.89. The smallest absolute Gasteiger partial charge is 0.276 e. The molecule has 4 rings (SSSR count). The molecule has 1 aromatic carbocycles. The minimum atomic E-state index is -0.111. The second-order valence-corrected chi connectivity index (χ2v) is 7.27. The van der Waals surface area contributed by atoms with E-state index in [0.29, 0.717) is 18.8 Å². The van der Waals surface area contributed by atoms with Crippen molar-refractivity contribution in [1.82, 2.24) is 24.8 Å². The summed E-state index contributed by atoms with van der Waals surface area (Å²) in [7, 11) is 1.65. The van der Waals surface area contributed by atoms with E-state index in [9.17, 15) is 4.79 Å². The fraction of sp³-hybridized carbons (Fsp3) is 0.550. The van der Waals surface area contributed by atoms with Crippen molar-refractivity contribution >= 4 is 5.91 Å². The normalized spacial score (nSPS) is 20.1. The summed E-state index contributed by atoms with van der Waals surface area (Å²) in [5, 5.41) is 8.42. The van der Waals surface area contributed by atoms with Gasteiger partial charge in [-0.25, -0.2) is 4.68 Å². The van der Waals surface area contributed by atoms with Crippen LogP contribution in [-0.2, 0) is 17.9 Å². The number of carbonyl (C=O) groups is 1. The summed E-state index contributed by atoms with van der Waals surface area (Å²) in [5.74, 6) is 0.775. The monoisotopic (exact) mass is 385 g/mol. The zero-order valence-corrected chi connectivity index (χ0v) is 16.5. The highest BCUT2D eigenvalue weighted by molar-refractivity contribution is 5.93. The minimum absolute atomic E-state index is 0.0381. The first-order chi connectivity index (χ1) is 13.7. The lowest BCUT2D eigenvalue weighted by molar-refractivity contribution is -0.00206. The maximum Gasteiger partial charge on any atom is 0.276 e. The lowest BCUT2D eigenvalue weighted by Crippen LogP contribution is -2.49. The standard InChI is InChI=1S/C20H27N5O3/c1-3-8-23-9-11-24(12-10-23)20(26)19-17-14-28-18(13-25(17)22-21-19)15-4-6-16(27-2)7-5-15/h4-7,18H,3,8-14H2,1-2H3/t18-/m0/s1. The van der Waals surface area contributed by atoms with Crippen LogP contribution >= 0.6 is 0 Å². The Kier molecular flexibility index (Phi) is 5.59. The second kappa shape index (κ2) is 8.28. The molecule has 150 valence electrons. The number of carbonyl (C=O) groups excluding carboxylic acids is 1. The van der Waals surface area contributed by atoms with Crippen molar-refractivity contribution < 1.29 is 14.3 Å². The Balaban J connectivity index is 1.43. The Morgan fingerprint density at radius 2 is 1.96 bits per heavy atom. The van der Waals surface area contributed by atoms with Crippen molar-refractivity contribution in [1.29, 1.82) is 0 Å². The second-order valence-electron chi connectivity index (χ2n) is 7.27. The van der Waals surface area contributed by atoms with Crippen molar-refractivity contribution in [2.75, 3.05) is 39.8 Å². The van der Waals surface area contributed by atoms with Crippen LogP contribution in [0.1, 0.15) is 41.2 Å². The average Bonchev–Trinajstić information content (AvgIpc) is 3.17. The van der Waals surface area contributed by atoms with Gasteiger partial charge in [-0.15, -0.1) is 5.10 Å². The molecule has 2 aliphatic heterocycles. The Hall–Kier alpha value is -2.45. The highest BCUT2D eigenvalue weighted by Crippen LogP contribution is 2.28. The van der Waals surface area contributed by atoms with E-state index in [1.165, 1.54) is 0 Å². The lowest BCUT2D eigenvalue weighted by Gasteiger charge is -2.34. The number of piperazine rings is 1. The lowest BCUT2D eigenvalue weighted by atomic mass is 10.1. The van der Waals surface area contributed by atoms with Crippen LogP contribution in [-0.4, -0.2) is 70.5 Å². The van der Waals surface area contributed by atoms with Crippen LogP contribution in [0.15, 0.2) is 24.3 Å². The van der Waals surface area contributed by atoms with E-state index in [2.05, 4.69) is 22.1 Å². The number of benzene rings is 1. The Morgan fingerprint density at radius 3 is 2.64 bits per heavy atom. The molecular weight excluding hydrogens is 358 g/mol. The van der Waals surface area contributed by atoms with Crippen LogP contribution in [0.3, 0.4) is 0 Å². The summed E-state index contributed by atoms with van der Waals surface area (Å²) in [6, 6.07) is 7.83. The molecule has 0 spiro atoms. The van der Waals surface area contributed by atoms with Gasteiger partial charge in [0.2, 0.25) is 0 Å². The molecule has 0 bridgehead atoms. The number of hydrogen-bond donors (Lipinski definition) is 0. The van der Waals surface area contributed by atoms with Crippen molar-refractivity contribution in [3.8, 4) is 5.75 Å². The molecule has 1 aromatic heterocycles. The molecule has 8 heteroatoms. The summed E-state index contributed by atoms with van der Waals surface area (Å²) in [4.78, 5) is 17.2. The zero-order valence-electron chi connectivity index (χ0n) is 16.5. The molecule has 8 nitrogen and oxygen atoms in total. The third-order valence-corrected chi connectivity index (χ3v) is 5.49. The highest BCUT2D eigenvalue weighted by Gasteiger charge is 2.31. The van der Waals surface area contributed by atoms with Crippen LogP contribution < -0.4 is 4.74 Å². The number of amides is 1. The molecule has 2 aliphatic rings. The van der Waals surface area contributed by atoms with Gasteiger partial charge in [0.25, 0.3) is 5.91 Å². The number of rotatable bonds is 5. The predicted octanol–water partition coefficient (Wildman–Crippen LogP) is 1.73. The van der Waals surface area contributed by atoms with Crippen molar-refractivity contribution in [3.63, 3.8) is 0 Å². The first-order valence-electron chi connectivity index (χ1n) is 9.89. The molecule has 1 saturated heterocycles. The van der Waals surface area contributed by atoms with E-state index in [0.717, 1.165) is 56.2 Å². The van der Waals surface area contributed by atoms with Gasteiger partial charge in [0.05, 0.1) is 26.0 Å². The molecule has 3 heterocycles. The third-order valence-electron chi connectivity index (χ3n) is 5.49. The van der Waals surface area contributed by atoms with Gasteiger partial charge in [-0.05, 0) is 30.7 Å². The summed E-state index contributed by atoms with van der Waals surface area (Å²) in [6.45, 7) is 7.45. The van der Waals surface area contributed by atoms with Crippen LogP contribution in [0.5, 0.6) is 5.75 Å². The number of hydrogen-bond acceptors (Lipinski definition) is 6. The quantitative estimate of drug-likeness (QED) is 0.781. The van der Waals surface area contributed by atoms with Crippen LogP contribution in [0, 0.1) is 0 Å². The van der Waals surface area contributed by atoms with Gasteiger partial charge < -0.3 is 14.4 Å². The highest BCUT2D eigenvalue weighted by atomic mass is 16.5. The molecule has 1 amide bonds. The molecule has 28 heavy (non-hydrogen) atoms. The molecule has 0 radical (unpaired) electrons. The maximum atomic E-state index is 12.9. The fourth-order valence-electron chi connectivity index (χ4n) is 3.84. The predicted molar refractivity (Wildman–Crippen MR) is 103 cm³/mol.